The molecule has 0 fully saturated rings. The first-order valence-corrected chi connectivity index (χ1v) is 8.75. The van der Waals surface area contributed by atoms with Crippen LogP contribution in [-0.2, 0) is 13.1 Å². The maximum atomic E-state index is 12.9. The normalized spacial score (nSPS) is 11.4. The van der Waals surface area contributed by atoms with Gasteiger partial charge >= 0.3 is 0 Å². The Labute approximate surface area is 144 Å². The largest absolute Gasteiger partial charge is 0.347 e. The van der Waals surface area contributed by atoms with E-state index >= 15 is 0 Å². The zero-order chi connectivity index (χ0) is 17.3. The molecular weight excluding hydrogens is 325 g/mol. The molecule has 126 valence electrons. The van der Waals surface area contributed by atoms with Gasteiger partial charge in [0.25, 0.3) is 5.91 Å². The Morgan fingerprint density at radius 2 is 2.04 bits per heavy atom. The number of fused-ring (bicyclic) bond motifs is 1. The number of carbonyl (C=O) groups excluding carboxylic acids is 1. The Morgan fingerprint density at radius 1 is 1.33 bits per heavy atom. The van der Waals surface area contributed by atoms with E-state index in [0.717, 1.165) is 28.0 Å². The van der Waals surface area contributed by atoms with Crippen molar-refractivity contribution in [1.29, 1.82) is 0 Å². The average molecular weight is 345 g/mol. The Balaban J connectivity index is 1.76. The van der Waals surface area contributed by atoms with E-state index in [9.17, 15) is 9.18 Å². The van der Waals surface area contributed by atoms with Crippen molar-refractivity contribution in [1.82, 2.24) is 15.1 Å². The molecule has 0 radical (unpaired) electrons. The molecule has 6 heteroatoms. The third-order valence-electron chi connectivity index (χ3n) is 3.74. The summed E-state index contributed by atoms with van der Waals surface area (Å²) in [5.74, 6) is 0.0983. The summed E-state index contributed by atoms with van der Waals surface area (Å²) in [4.78, 5) is 14.1. The number of nitrogens with one attached hydrogen (secondary N) is 1. The molecule has 0 aliphatic heterocycles. The highest BCUT2D eigenvalue weighted by Gasteiger charge is 2.16. The number of aromatic nitrogens is 2. The summed E-state index contributed by atoms with van der Waals surface area (Å²) in [6.07, 6.45) is 0. The number of aryl methyl sites for hydroxylation is 1. The lowest BCUT2D eigenvalue weighted by atomic mass is 10.2. The Morgan fingerprint density at radius 3 is 2.71 bits per heavy atom. The number of hydrogen-bond acceptors (Lipinski definition) is 3. The van der Waals surface area contributed by atoms with Gasteiger partial charge in [0, 0.05) is 18.5 Å². The summed E-state index contributed by atoms with van der Waals surface area (Å²) in [6, 6.07) is 8.03. The van der Waals surface area contributed by atoms with E-state index in [1.165, 1.54) is 23.5 Å². The Hall–Kier alpha value is -2.21. The van der Waals surface area contributed by atoms with Crippen LogP contribution in [0.25, 0.3) is 10.2 Å². The molecule has 0 spiro atoms. The molecule has 1 amide bonds. The highest BCUT2D eigenvalue weighted by molar-refractivity contribution is 7.20. The molecule has 0 unspecified atom stereocenters. The highest BCUT2D eigenvalue weighted by atomic mass is 32.1. The number of carbonyl (C=O) groups is 1. The molecule has 0 saturated carbocycles. The predicted octanol–water partition coefficient (Wildman–Crippen LogP) is 4.13. The summed E-state index contributed by atoms with van der Waals surface area (Å²) >= 11 is 1.46. The van der Waals surface area contributed by atoms with Crippen molar-refractivity contribution >= 4 is 27.5 Å². The summed E-state index contributed by atoms with van der Waals surface area (Å²) < 4.78 is 14.9. The van der Waals surface area contributed by atoms with Crippen LogP contribution < -0.4 is 5.32 Å². The van der Waals surface area contributed by atoms with Crippen molar-refractivity contribution in [3.8, 4) is 0 Å². The third-order valence-corrected chi connectivity index (χ3v) is 4.88. The minimum atomic E-state index is -0.278. The first-order valence-electron chi connectivity index (χ1n) is 7.93. The van der Waals surface area contributed by atoms with Crippen molar-refractivity contribution in [2.45, 2.75) is 33.9 Å². The topological polar surface area (TPSA) is 46.9 Å². The smallest absolute Gasteiger partial charge is 0.261 e. The maximum absolute atomic E-state index is 12.9. The fourth-order valence-corrected chi connectivity index (χ4v) is 3.65. The van der Waals surface area contributed by atoms with Crippen LogP contribution in [0.4, 0.5) is 4.39 Å². The van der Waals surface area contributed by atoms with Gasteiger partial charge in [0.1, 0.15) is 10.6 Å². The van der Waals surface area contributed by atoms with Crippen molar-refractivity contribution in [3.05, 3.63) is 52.3 Å². The van der Waals surface area contributed by atoms with Crippen LogP contribution in [0.2, 0.25) is 0 Å². The van der Waals surface area contributed by atoms with Crippen molar-refractivity contribution in [2.75, 3.05) is 0 Å². The fraction of sp³-hybridized carbons (Fsp3) is 0.333. The molecule has 0 bridgehead atoms. The molecule has 1 N–H and O–H groups in total. The van der Waals surface area contributed by atoms with Gasteiger partial charge in [-0.3, -0.25) is 9.48 Å². The lowest BCUT2D eigenvalue weighted by Crippen LogP contribution is -2.21. The number of thiophene rings is 1. The van der Waals surface area contributed by atoms with E-state index in [0.29, 0.717) is 17.3 Å². The second-order valence-electron chi connectivity index (χ2n) is 6.30. The molecule has 1 aromatic carbocycles. The molecule has 4 nitrogen and oxygen atoms in total. The molecule has 0 aliphatic carbocycles. The monoisotopic (exact) mass is 345 g/mol. The quantitative estimate of drug-likeness (QED) is 0.756. The number of nitrogens with zero attached hydrogens (tertiary/aromatic N) is 2. The van der Waals surface area contributed by atoms with Crippen LogP contribution in [-0.4, -0.2) is 15.7 Å². The Kier molecular flexibility index (Phi) is 4.66. The van der Waals surface area contributed by atoms with Crippen LogP contribution in [0.15, 0.2) is 30.3 Å². The van der Waals surface area contributed by atoms with Crippen molar-refractivity contribution < 1.29 is 9.18 Å². The van der Waals surface area contributed by atoms with Gasteiger partial charge < -0.3 is 5.32 Å². The SMILES string of the molecule is Cc1nn(CC(C)C)c2sc(C(=O)NCc3ccc(F)cc3)cc12. The highest BCUT2D eigenvalue weighted by Crippen LogP contribution is 2.28. The lowest BCUT2D eigenvalue weighted by Gasteiger charge is -2.05. The van der Waals surface area contributed by atoms with Crippen LogP contribution in [0, 0.1) is 18.7 Å². The summed E-state index contributed by atoms with van der Waals surface area (Å²) in [5, 5.41) is 8.47. The van der Waals surface area contributed by atoms with Gasteiger partial charge in [-0.05, 0) is 36.6 Å². The predicted molar refractivity (Wildman–Crippen MR) is 94.8 cm³/mol. The average Bonchev–Trinajstić information content (AvgIpc) is 3.08. The van der Waals surface area contributed by atoms with Crippen molar-refractivity contribution in [2.24, 2.45) is 5.92 Å². The van der Waals surface area contributed by atoms with Crippen LogP contribution in [0.3, 0.4) is 0 Å². The zero-order valence-corrected chi connectivity index (χ0v) is 14.8. The molecule has 2 aromatic heterocycles. The molecule has 3 rings (SSSR count). The van der Waals surface area contributed by atoms with E-state index in [4.69, 9.17) is 0 Å². The second-order valence-corrected chi connectivity index (χ2v) is 7.33. The third kappa shape index (κ3) is 3.48. The van der Waals surface area contributed by atoms with Crippen molar-refractivity contribution in [3.63, 3.8) is 0 Å². The summed E-state index contributed by atoms with van der Waals surface area (Å²) in [7, 11) is 0. The first kappa shape index (κ1) is 16.6. The van der Waals surface area contributed by atoms with Gasteiger partial charge in [0.05, 0.1) is 10.6 Å². The van der Waals surface area contributed by atoms with Gasteiger partial charge in [-0.2, -0.15) is 5.10 Å². The zero-order valence-electron chi connectivity index (χ0n) is 14.0. The number of rotatable bonds is 5. The number of halogens is 1. The number of benzene rings is 1. The molecule has 0 atom stereocenters. The molecule has 24 heavy (non-hydrogen) atoms. The first-order chi connectivity index (χ1) is 11.4. The Bertz CT molecular complexity index is 864. The summed E-state index contributed by atoms with van der Waals surface area (Å²) in [5.41, 5.74) is 1.81. The number of amides is 1. The molecular formula is C18H20FN3OS. The van der Waals surface area contributed by atoms with Gasteiger partial charge in [0.2, 0.25) is 0 Å². The molecule has 2 heterocycles. The van der Waals surface area contributed by atoms with E-state index in [-0.39, 0.29) is 11.7 Å². The van der Waals surface area contributed by atoms with Crippen LogP contribution in [0.5, 0.6) is 0 Å². The van der Waals surface area contributed by atoms with Gasteiger partial charge in [-0.15, -0.1) is 11.3 Å². The van der Waals surface area contributed by atoms with Gasteiger partial charge in [0.15, 0.2) is 0 Å². The lowest BCUT2D eigenvalue weighted by molar-refractivity contribution is 0.0955. The number of hydrogen-bond donors (Lipinski definition) is 1. The molecule has 3 aromatic rings. The summed E-state index contributed by atoms with van der Waals surface area (Å²) in [6.45, 7) is 7.47. The molecule has 0 aliphatic rings. The van der Waals surface area contributed by atoms with Gasteiger partial charge in [-0.1, -0.05) is 26.0 Å². The second kappa shape index (κ2) is 6.73. The fourth-order valence-electron chi connectivity index (χ4n) is 2.57. The van der Waals surface area contributed by atoms with Crippen LogP contribution in [0.1, 0.15) is 34.8 Å². The minimum absolute atomic E-state index is 0.115. The van der Waals surface area contributed by atoms with E-state index in [1.807, 2.05) is 17.7 Å². The maximum Gasteiger partial charge on any atom is 0.261 e. The van der Waals surface area contributed by atoms with E-state index < -0.39 is 0 Å². The van der Waals surface area contributed by atoms with Crippen LogP contribution >= 0.6 is 11.3 Å². The minimum Gasteiger partial charge on any atom is -0.347 e. The standard InChI is InChI=1S/C18H20FN3OS/c1-11(2)10-22-18-15(12(3)21-22)8-16(24-18)17(23)20-9-13-4-6-14(19)7-5-13/h4-8,11H,9-10H2,1-3H3,(H,20,23). The molecule has 0 saturated heterocycles. The van der Waals surface area contributed by atoms with Gasteiger partial charge in [-0.25, -0.2) is 4.39 Å². The van der Waals surface area contributed by atoms with E-state index in [2.05, 4.69) is 24.3 Å². The van der Waals surface area contributed by atoms with E-state index in [1.54, 1.807) is 12.1 Å².